The van der Waals surface area contributed by atoms with Gasteiger partial charge in [0.25, 0.3) is 0 Å². The molecule has 0 saturated heterocycles. The standard InChI is InChI=1S/C22H26N2O6S/c1-13-5-6-14(2)18(9-13)19(11-22(26)27)23-31(28,29)17-7-8-21-20(10-17)24(16(4)25)12-15(3)30-21/h5-10,15,19,23H,11-12H2,1-4H3,(H,26,27)/t15-,19+/m0/s1. The second kappa shape index (κ2) is 8.68. The molecule has 9 heteroatoms. The van der Waals surface area contributed by atoms with Crippen LogP contribution in [-0.4, -0.2) is 38.0 Å². The van der Waals surface area contributed by atoms with Gasteiger partial charge in [-0.15, -0.1) is 0 Å². The average molecular weight is 447 g/mol. The van der Waals surface area contributed by atoms with E-state index < -0.39 is 28.5 Å². The van der Waals surface area contributed by atoms with Crippen molar-refractivity contribution in [2.45, 2.75) is 51.2 Å². The molecule has 0 aliphatic carbocycles. The molecule has 0 spiro atoms. The summed E-state index contributed by atoms with van der Waals surface area (Å²) in [5.41, 5.74) is 2.66. The van der Waals surface area contributed by atoms with E-state index in [1.54, 1.807) is 13.0 Å². The SMILES string of the molecule is CC(=O)N1C[C@H](C)Oc2ccc(S(=O)(=O)N[C@H](CC(=O)O)c3cc(C)ccc3C)cc21. The van der Waals surface area contributed by atoms with Gasteiger partial charge in [-0.2, -0.15) is 0 Å². The number of aliphatic carboxylic acids is 1. The van der Waals surface area contributed by atoms with Gasteiger partial charge in [0.05, 0.1) is 29.6 Å². The predicted octanol–water partition coefficient (Wildman–Crippen LogP) is 2.93. The summed E-state index contributed by atoms with van der Waals surface area (Å²) in [6, 6.07) is 8.83. The van der Waals surface area contributed by atoms with Crippen LogP contribution in [0.1, 0.15) is 43.0 Å². The summed E-state index contributed by atoms with van der Waals surface area (Å²) < 4.78 is 34.6. The number of carbonyl (C=O) groups is 2. The van der Waals surface area contributed by atoms with Crippen molar-refractivity contribution in [2.24, 2.45) is 0 Å². The molecule has 2 atom stereocenters. The molecule has 2 N–H and O–H groups in total. The molecule has 166 valence electrons. The number of benzene rings is 2. The normalized spacial score (nSPS) is 16.9. The van der Waals surface area contributed by atoms with Crippen molar-refractivity contribution in [3.8, 4) is 5.75 Å². The number of ether oxygens (including phenoxy) is 1. The summed E-state index contributed by atoms with van der Waals surface area (Å²) in [4.78, 5) is 24.9. The number of sulfonamides is 1. The molecule has 0 fully saturated rings. The summed E-state index contributed by atoms with van der Waals surface area (Å²) in [5, 5.41) is 9.36. The summed E-state index contributed by atoms with van der Waals surface area (Å²) in [5.74, 6) is -0.924. The van der Waals surface area contributed by atoms with Gasteiger partial charge in [0.2, 0.25) is 15.9 Å². The lowest BCUT2D eigenvalue weighted by Gasteiger charge is -2.33. The molecule has 8 nitrogen and oxygen atoms in total. The van der Waals surface area contributed by atoms with Crippen molar-refractivity contribution in [3.05, 3.63) is 53.1 Å². The van der Waals surface area contributed by atoms with Crippen LogP contribution in [0.4, 0.5) is 5.69 Å². The van der Waals surface area contributed by atoms with Crippen LogP contribution < -0.4 is 14.4 Å². The van der Waals surface area contributed by atoms with E-state index in [2.05, 4.69) is 4.72 Å². The van der Waals surface area contributed by atoms with Gasteiger partial charge in [0.15, 0.2) is 0 Å². The Kier molecular flexibility index (Phi) is 6.38. The monoisotopic (exact) mass is 446 g/mol. The molecule has 1 amide bonds. The molecule has 0 saturated carbocycles. The molecule has 0 aromatic heterocycles. The third-order valence-corrected chi connectivity index (χ3v) is 6.64. The van der Waals surface area contributed by atoms with Gasteiger partial charge in [-0.1, -0.05) is 23.8 Å². The summed E-state index contributed by atoms with van der Waals surface area (Å²) in [7, 11) is -4.09. The molecule has 1 aliphatic rings. The number of carboxylic acids is 1. The molecule has 1 heterocycles. The van der Waals surface area contributed by atoms with Gasteiger partial charge in [0, 0.05) is 6.92 Å². The van der Waals surface area contributed by atoms with Crippen molar-refractivity contribution in [3.63, 3.8) is 0 Å². The predicted molar refractivity (Wildman–Crippen MR) is 116 cm³/mol. The van der Waals surface area contributed by atoms with Crippen LogP contribution in [0.2, 0.25) is 0 Å². The number of carbonyl (C=O) groups excluding carboxylic acids is 1. The lowest BCUT2D eigenvalue weighted by molar-refractivity contribution is -0.137. The number of nitrogens with zero attached hydrogens (tertiary/aromatic N) is 1. The van der Waals surface area contributed by atoms with Gasteiger partial charge in [-0.3, -0.25) is 9.59 Å². The summed E-state index contributed by atoms with van der Waals surface area (Å²) >= 11 is 0. The average Bonchev–Trinajstić information content (AvgIpc) is 2.67. The van der Waals surface area contributed by atoms with Crippen LogP contribution >= 0.6 is 0 Å². The fraction of sp³-hybridized carbons (Fsp3) is 0.364. The number of aryl methyl sites for hydroxylation is 2. The van der Waals surface area contributed by atoms with E-state index in [1.807, 2.05) is 26.0 Å². The number of carboxylic acid groups (broad SMARTS) is 1. The first-order chi connectivity index (χ1) is 14.5. The minimum absolute atomic E-state index is 0.0728. The molecule has 0 unspecified atom stereocenters. The highest BCUT2D eigenvalue weighted by molar-refractivity contribution is 7.89. The van der Waals surface area contributed by atoms with E-state index in [4.69, 9.17) is 4.74 Å². The maximum atomic E-state index is 13.2. The van der Waals surface area contributed by atoms with Crippen molar-refractivity contribution < 1.29 is 27.9 Å². The van der Waals surface area contributed by atoms with E-state index in [9.17, 15) is 23.1 Å². The number of hydrogen-bond donors (Lipinski definition) is 2. The Labute approximate surface area is 181 Å². The molecule has 2 aromatic rings. The molecular formula is C22H26N2O6S. The van der Waals surface area contributed by atoms with Crippen molar-refractivity contribution in [1.82, 2.24) is 4.72 Å². The maximum absolute atomic E-state index is 13.2. The number of amides is 1. The number of fused-ring (bicyclic) bond motifs is 1. The fourth-order valence-corrected chi connectivity index (χ4v) is 4.90. The third-order valence-electron chi connectivity index (χ3n) is 5.17. The smallest absolute Gasteiger partial charge is 0.305 e. The van der Waals surface area contributed by atoms with Gasteiger partial charge in [0.1, 0.15) is 11.9 Å². The zero-order valence-corrected chi connectivity index (χ0v) is 18.7. The van der Waals surface area contributed by atoms with Gasteiger partial charge >= 0.3 is 5.97 Å². The van der Waals surface area contributed by atoms with Gasteiger partial charge < -0.3 is 14.7 Å². The maximum Gasteiger partial charge on any atom is 0.305 e. The largest absolute Gasteiger partial charge is 0.487 e. The van der Waals surface area contributed by atoms with E-state index in [0.717, 1.165) is 11.1 Å². The molecule has 31 heavy (non-hydrogen) atoms. The first-order valence-corrected chi connectivity index (χ1v) is 11.4. The first-order valence-electron chi connectivity index (χ1n) is 9.88. The summed E-state index contributed by atoms with van der Waals surface area (Å²) in [6.45, 7) is 7.20. The third kappa shape index (κ3) is 5.05. The molecule has 2 aromatic carbocycles. The van der Waals surface area contributed by atoms with E-state index in [-0.39, 0.29) is 16.9 Å². The zero-order chi connectivity index (χ0) is 22.9. The quantitative estimate of drug-likeness (QED) is 0.705. The van der Waals surface area contributed by atoms with Crippen LogP contribution in [0.3, 0.4) is 0 Å². The van der Waals surface area contributed by atoms with Gasteiger partial charge in [-0.05, 0) is 50.1 Å². The van der Waals surface area contributed by atoms with Crippen LogP contribution in [-0.2, 0) is 19.6 Å². The Morgan fingerprint density at radius 1 is 1.23 bits per heavy atom. The minimum atomic E-state index is -4.09. The van der Waals surface area contributed by atoms with Crippen molar-refractivity contribution in [2.75, 3.05) is 11.4 Å². The fourth-order valence-electron chi connectivity index (χ4n) is 3.66. The van der Waals surface area contributed by atoms with Crippen LogP contribution in [0.5, 0.6) is 5.75 Å². The topological polar surface area (TPSA) is 113 Å². The minimum Gasteiger partial charge on any atom is -0.487 e. The Balaban J connectivity index is 2.00. The molecule has 0 bridgehead atoms. The highest BCUT2D eigenvalue weighted by atomic mass is 32.2. The number of rotatable bonds is 6. The highest BCUT2D eigenvalue weighted by Gasteiger charge is 2.30. The lowest BCUT2D eigenvalue weighted by atomic mass is 9.97. The number of nitrogens with one attached hydrogen (secondary N) is 1. The van der Waals surface area contributed by atoms with E-state index >= 15 is 0 Å². The van der Waals surface area contributed by atoms with Crippen LogP contribution in [0, 0.1) is 13.8 Å². The molecular weight excluding hydrogens is 420 g/mol. The molecule has 1 aliphatic heterocycles. The van der Waals surface area contributed by atoms with E-state index in [1.165, 1.54) is 30.0 Å². The first kappa shape index (κ1) is 22.8. The van der Waals surface area contributed by atoms with Gasteiger partial charge in [-0.25, -0.2) is 13.1 Å². The molecule has 0 radical (unpaired) electrons. The van der Waals surface area contributed by atoms with Crippen molar-refractivity contribution >= 4 is 27.6 Å². The Hall–Kier alpha value is -2.91. The van der Waals surface area contributed by atoms with Crippen LogP contribution in [0.15, 0.2) is 41.3 Å². The second-order valence-electron chi connectivity index (χ2n) is 7.82. The van der Waals surface area contributed by atoms with Crippen molar-refractivity contribution in [1.29, 1.82) is 0 Å². The zero-order valence-electron chi connectivity index (χ0n) is 17.9. The summed E-state index contributed by atoms with van der Waals surface area (Å²) in [6.07, 6.45) is -0.629. The van der Waals surface area contributed by atoms with E-state index in [0.29, 0.717) is 23.5 Å². The lowest BCUT2D eigenvalue weighted by Crippen LogP contribution is -2.41. The molecule has 3 rings (SSSR count). The van der Waals surface area contributed by atoms with Crippen LogP contribution in [0.25, 0.3) is 0 Å². The Bertz CT molecular complexity index is 1130. The number of anilines is 1. The number of hydrogen-bond acceptors (Lipinski definition) is 5. The second-order valence-corrected chi connectivity index (χ2v) is 9.53. The highest BCUT2D eigenvalue weighted by Crippen LogP contribution is 2.36. The Morgan fingerprint density at radius 2 is 1.94 bits per heavy atom. The Morgan fingerprint density at radius 3 is 2.58 bits per heavy atom.